The number of unbranched alkanes of at least 4 members (excludes halogenated alkanes) is 5. The Balaban J connectivity index is 2.29. The van der Waals surface area contributed by atoms with E-state index in [1.54, 1.807) is 0 Å². The van der Waals surface area contributed by atoms with Crippen molar-refractivity contribution in [3.05, 3.63) is 35.9 Å². The minimum atomic E-state index is -1.02. The number of ether oxygens (including phenoxy) is 1. The Labute approximate surface area is 181 Å². The molecule has 0 aliphatic heterocycles. The van der Waals surface area contributed by atoms with E-state index in [-0.39, 0.29) is 11.9 Å². The Hall–Kier alpha value is -2.12. The lowest BCUT2D eigenvalue weighted by Gasteiger charge is -2.19. The van der Waals surface area contributed by atoms with Crippen LogP contribution in [-0.2, 0) is 16.1 Å². The van der Waals surface area contributed by atoms with Gasteiger partial charge in [0.1, 0.15) is 0 Å². The van der Waals surface area contributed by atoms with E-state index in [2.05, 4.69) is 22.9 Å². The molecule has 0 fully saturated rings. The smallest absolute Gasteiger partial charge is 0.404 e. The zero-order chi connectivity index (χ0) is 21.9. The molecule has 0 aliphatic rings. The summed E-state index contributed by atoms with van der Waals surface area (Å²) in [5, 5.41) is 17.3. The van der Waals surface area contributed by atoms with Crippen LogP contribution in [0.2, 0.25) is 0 Å². The number of benzene rings is 1. The fourth-order valence-electron chi connectivity index (χ4n) is 3.11. The summed E-state index contributed by atoms with van der Waals surface area (Å²) >= 11 is 0. The van der Waals surface area contributed by atoms with Crippen molar-refractivity contribution in [1.82, 2.24) is 16.0 Å². The first-order chi connectivity index (χ1) is 14.6. The van der Waals surface area contributed by atoms with E-state index in [1.807, 2.05) is 30.3 Å². The summed E-state index contributed by atoms with van der Waals surface area (Å²) in [7, 11) is 0. The van der Waals surface area contributed by atoms with Gasteiger partial charge in [0.2, 0.25) is 5.91 Å². The summed E-state index contributed by atoms with van der Waals surface area (Å²) in [5.74, 6) is -0.0383. The van der Waals surface area contributed by atoms with Gasteiger partial charge in [0.25, 0.3) is 0 Å². The van der Waals surface area contributed by atoms with E-state index in [0.717, 1.165) is 25.0 Å². The molecule has 0 radical (unpaired) electrons. The topological polar surface area (TPSA) is 99.7 Å². The largest absolute Gasteiger partial charge is 0.465 e. The summed E-state index contributed by atoms with van der Waals surface area (Å²) in [6.07, 6.45) is 7.13. The van der Waals surface area contributed by atoms with Crippen LogP contribution in [0.1, 0.15) is 63.9 Å². The van der Waals surface area contributed by atoms with Gasteiger partial charge in [-0.1, -0.05) is 62.9 Å². The van der Waals surface area contributed by atoms with Crippen LogP contribution in [0.25, 0.3) is 0 Å². The molecule has 1 aromatic carbocycles. The third-order valence-electron chi connectivity index (χ3n) is 4.85. The predicted octanol–water partition coefficient (Wildman–Crippen LogP) is 3.69. The second kappa shape index (κ2) is 17.7. The maximum Gasteiger partial charge on any atom is 0.404 e. The normalized spacial score (nSPS) is 11.8. The molecule has 0 bridgehead atoms. The summed E-state index contributed by atoms with van der Waals surface area (Å²) in [4.78, 5) is 23.1. The molecule has 1 rings (SSSR count). The number of nitrogens with one attached hydrogen (secondary N) is 3. The minimum absolute atomic E-state index is 0.0383. The standard InChI is InChI=1S/C23H39N3O4/c1-2-3-4-5-11-17-30-18-16-24-22(27)21(14-9-10-15-25-23(28)29)26-19-20-12-7-6-8-13-20/h6-8,12-13,21,25-26H,2-5,9-11,14-19H2,1H3,(H,24,27)(H,28,29)/t21-/m0/s1. The average Bonchev–Trinajstić information content (AvgIpc) is 2.74. The monoisotopic (exact) mass is 421 g/mol. The average molecular weight is 422 g/mol. The molecule has 30 heavy (non-hydrogen) atoms. The molecule has 7 heteroatoms. The first kappa shape index (κ1) is 25.9. The summed E-state index contributed by atoms with van der Waals surface area (Å²) in [5.41, 5.74) is 1.12. The van der Waals surface area contributed by atoms with Crippen LogP contribution in [0.5, 0.6) is 0 Å². The van der Waals surface area contributed by atoms with Crippen LogP contribution < -0.4 is 16.0 Å². The maximum atomic E-state index is 12.6. The lowest BCUT2D eigenvalue weighted by molar-refractivity contribution is -0.123. The highest BCUT2D eigenvalue weighted by Gasteiger charge is 2.17. The first-order valence-corrected chi connectivity index (χ1v) is 11.2. The van der Waals surface area contributed by atoms with Crippen molar-refractivity contribution in [3.8, 4) is 0 Å². The number of amides is 2. The van der Waals surface area contributed by atoms with Gasteiger partial charge in [-0.25, -0.2) is 4.79 Å². The molecule has 7 nitrogen and oxygen atoms in total. The maximum absolute atomic E-state index is 12.6. The van der Waals surface area contributed by atoms with Gasteiger partial charge in [0.15, 0.2) is 0 Å². The van der Waals surface area contributed by atoms with Crippen molar-refractivity contribution in [2.75, 3.05) is 26.3 Å². The molecule has 0 spiro atoms. The molecule has 0 saturated heterocycles. The lowest BCUT2D eigenvalue weighted by atomic mass is 10.1. The van der Waals surface area contributed by atoms with Crippen LogP contribution in [0.3, 0.4) is 0 Å². The fourth-order valence-corrected chi connectivity index (χ4v) is 3.11. The van der Waals surface area contributed by atoms with Crippen LogP contribution in [0.4, 0.5) is 4.79 Å². The van der Waals surface area contributed by atoms with Crippen molar-refractivity contribution in [2.24, 2.45) is 0 Å². The first-order valence-electron chi connectivity index (χ1n) is 11.2. The van der Waals surface area contributed by atoms with Crippen molar-refractivity contribution in [1.29, 1.82) is 0 Å². The number of carbonyl (C=O) groups excluding carboxylic acids is 1. The Morgan fingerprint density at radius 1 is 0.933 bits per heavy atom. The van der Waals surface area contributed by atoms with Crippen LogP contribution in [0.15, 0.2) is 30.3 Å². The predicted molar refractivity (Wildman–Crippen MR) is 120 cm³/mol. The van der Waals surface area contributed by atoms with Crippen molar-refractivity contribution < 1.29 is 19.4 Å². The summed E-state index contributed by atoms with van der Waals surface area (Å²) in [6.45, 7) is 4.97. The van der Waals surface area contributed by atoms with Crippen molar-refractivity contribution in [3.63, 3.8) is 0 Å². The number of carboxylic acid groups (broad SMARTS) is 1. The third-order valence-corrected chi connectivity index (χ3v) is 4.85. The van der Waals surface area contributed by atoms with Gasteiger partial charge in [-0.3, -0.25) is 4.79 Å². The highest BCUT2D eigenvalue weighted by atomic mass is 16.5. The van der Waals surface area contributed by atoms with Crippen LogP contribution >= 0.6 is 0 Å². The van der Waals surface area contributed by atoms with E-state index < -0.39 is 6.09 Å². The highest BCUT2D eigenvalue weighted by molar-refractivity contribution is 5.81. The number of carbonyl (C=O) groups is 2. The minimum Gasteiger partial charge on any atom is -0.465 e. The van der Waals surface area contributed by atoms with Crippen LogP contribution in [-0.4, -0.2) is 49.5 Å². The summed E-state index contributed by atoms with van der Waals surface area (Å²) in [6, 6.07) is 9.64. The number of hydrogen-bond donors (Lipinski definition) is 4. The zero-order valence-corrected chi connectivity index (χ0v) is 18.3. The van der Waals surface area contributed by atoms with E-state index in [1.165, 1.54) is 25.7 Å². The zero-order valence-electron chi connectivity index (χ0n) is 18.3. The third kappa shape index (κ3) is 14.0. The SMILES string of the molecule is CCCCCCCOCCNC(=O)[C@H](CCCCNC(=O)O)NCc1ccccc1. The molecule has 0 aromatic heterocycles. The van der Waals surface area contributed by atoms with Gasteiger partial charge >= 0.3 is 6.09 Å². The Morgan fingerprint density at radius 2 is 1.70 bits per heavy atom. The number of hydrogen-bond acceptors (Lipinski definition) is 4. The quantitative estimate of drug-likeness (QED) is 0.271. The molecule has 2 amide bonds. The van der Waals surface area contributed by atoms with E-state index in [9.17, 15) is 9.59 Å². The second-order valence-corrected chi connectivity index (χ2v) is 7.46. The Bertz CT molecular complexity index is 569. The Morgan fingerprint density at radius 3 is 2.43 bits per heavy atom. The Kier molecular flexibility index (Phi) is 15.3. The van der Waals surface area contributed by atoms with Crippen LogP contribution in [0, 0.1) is 0 Å². The number of rotatable bonds is 18. The van der Waals surface area contributed by atoms with Gasteiger partial charge in [0.05, 0.1) is 12.6 Å². The molecule has 4 N–H and O–H groups in total. The molecule has 0 saturated carbocycles. The highest BCUT2D eigenvalue weighted by Crippen LogP contribution is 2.05. The molecule has 0 heterocycles. The van der Waals surface area contributed by atoms with Gasteiger partial charge in [0, 0.05) is 26.2 Å². The van der Waals surface area contributed by atoms with Crippen molar-refractivity contribution >= 4 is 12.0 Å². The van der Waals surface area contributed by atoms with E-state index in [0.29, 0.717) is 39.1 Å². The lowest BCUT2D eigenvalue weighted by Crippen LogP contribution is -2.45. The molecule has 0 aliphatic carbocycles. The molecule has 0 unspecified atom stereocenters. The van der Waals surface area contributed by atoms with E-state index in [4.69, 9.17) is 9.84 Å². The molecule has 1 atom stereocenters. The summed E-state index contributed by atoms with van der Waals surface area (Å²) < 4.78 is 5.61. The fraction of sp³-hybridized carbons (Fsp3) is 0.652. The molecule has 170 valence electrons. The van der Waals surface area contributed by atoms with Gasteiger partial charge in [-0.05, 0) is 31.2 Å². The molecule has 1 aromatic rings. The van der Waals surface area contributed by atoms with Gasteiger partial charge < -0.3 is 25.8 Å². The van der Waals surface area contributed by atoms with Gasteiger partial charge in [-0.2, -0.15) is 0 Å². The second-order valence-electron chi connectivity index (χ2n) is 7.46. The van der Waals surface area contributed by atoms with Crippen molar-refractivity contribution in [2.45, 2.75) is 70.9 Å². The molecular formula is C23H39N3O4. The van der Waals surface area contributed by atoms with Gasteiger partial charge in [-0.15, -0.1) is 0 Å². The molecular weight excluding hydrogens is 382 g/mol. The van der Waals surface area contributed by atoms with E-state index >= 15 is 0 Å².